The number of benzene rings is 1. The molecule has 4 rings (SSSR count). The van der Waals surface area contributed by atoms with Crippen LogP contribution < -0.4 is 5.46 Å². The zero-order chi connectivity index (χ0) is 24.1. The van der Waals surface area contributed by atoms with Gasteiger partial charge in [0, 0.05) is 17.4 Å². The van der Waals surface area contributed by atoms with Gasteiger partial charge in [-0.25, -0.2) is 9.67 Å². The fraction of sp³-hybridized carbons (Fsp3) is 0.421. The van der Waals surface area contributed by atoms with Gasteiger partial charge < -0.3 is 20.1 Å². The first-order chi connectivity index (χ1) is 15.5. The first kappa shape index (κ1) is 23.7. The fourth-order valence-corrected chi connectivity index (χ4v) is 4.02. The molecule has 3 aromatic rings. The van der Waals surface area contributed by atoms with E-state index >= 15 is 0 Å². The first-order valence-corrected chi connectivity index (χ1v) is 10.1. The van der Waals surface area contributed by atoms with Crippen LogP contribution in [0.1, 0.15) is 29.4 Å². The van der Waals surface area contributed by atoms with E-state index in [0.29, 0.717) is 0 Å². The Morgan fingerprint density at radius 3 is 2.58 bits per heavy atom. The zero-order valence-corrected chi connectivity index (χ0v) is 17.8. The fourth-order valence-electron chi connectivity index (χ4n) is 3.86. The number of rotatable bonds is 4. The smallest absolute Gasteiger partial charge is 0.394 e. The Morgan fingerprint density at radius 2 is 1.97 bits per heavy atom. The molecule has 1 fully saturated rings. The van der Waals surface area contributed by atoms with E-state index in [0.717, 1.165) is 22.9 Å². The predicted molar refractivity (Wildman–Crippen MR) is 109 cm³/mol. The van der Waals surface area contributed by atoms with Gasteiger partial charge in [0.25, 0.3) is 0 Å². The summed E-state index contributed by atoms with van der Waals surface area (Å²) in [5.74, 6) is -0.0799. The molecule has 1 aliphatic heterocycles. The van der Waals surface area contributed by atoms with Crippen molar-refractivity contribution in [3.05, 3.63) is 52.8 Å². The number of aliphatic hydroxyl groups excluding tert-OH is 3. The Hall–Kier alpha value is -2.45. The number of aromatic nitrogens is 5. The second-order valence-electron chi connectivity index (χ2n) is 7.59. The number of hydrogen-bond donors (Lipinski definition) is 3. The molecule has 0 saturated carbocycles. The number of halogens is 4. The maximum atomic E-state index is 13.7. The third-order valence-electron chi connectivity index (χ3n) is 5.31. The average molecular weight is 484 g/mol. The summed E-state index contributed by atoms with van der Waals surface area (Å²) in [5.41, 5.74) is -1.20. The molecule has 3 N–H and O–H groups in total. The minimum atomic E-state index is -4.73. The highest BCUT2D eigenvalue weighted by molar-refractivity contribution is 6.32. The van der Waals surface area contributed by atoms with Crippen LogP contribution in [0.5, 0.6) is 0 Å². The number of aliphatic hydroxyl groups is 3. The summed E-state index contributed by atoms with van der Waals surface area (Å²) in [6.45, 7) is 0.812. The maximum Gasteiger partial charge on any atom is 0.418 e. The number of nitrogens with zero attached hydrogens (tertiary/aromatic N) is 5. The molecule has 3 heterocycles. The number of alkyl halides is 3. The Labute approximate surface area is 191 Å². The molecule has 2 radical (unpaired) electrons. The first-order valence-electron chi connectivity index (χ1n) is 9.74. The van der Waals surface area contributed by atoms with Gasteiger partial charge in [-0.1, -0.05) is 17.1 Å². The normalized spacial score (nSPS) is 26.0. The van der Waals surface area contributed by atoms with Crippen molar-refractivity contribution < 1.29 is 33.2 Å². The summed E-state index contributed by atoms with van der Waals surface area (Å²) in [6.07, 6.45) is -7.62. The van der Waals surface area contributed by atoms with E-state index in [4.69, 9.17) is 24.2 Å². The highest BCUT2D eigenvalue weighted by atomic mass is 35.5. The molecule has 0 aliphatic carbocycles. The van der Waals surface area contributed by atoms with Crippen molar-refractivity contribution in [2.75, 3.05) is 6.61 Å². The van der Waals surface area contributed by atoms with Gasteiger partial charge in [-0.05, 0) is 25.1 Å². The minimum absolute atomic E-state index is 0.0239. The number of ether oxygens (including phenoxy) is 1. The van der Waals surface area contributed by atoms with Gasteiger partial charge in [-0.3, -0.25) is 4.68 Å². The Balaban J connectivity index is 1.85. The molecule has 1 aromatic carbocycles. The molecule has 0 bridgehead atoms. The van der Waals surface area contributed by atoms with E-state index < -0.39 is 54.5 Å². The number of hydrogen-bond acceptors (Lipinski definition) is 7. The summed E-state index contributed by atoms with van der Waals surface area (Å²) in [4.78, 5) is 4.18. The average Bonchev–Trinajstić information content (AvgIpc) is 3.33. The molecule has 0 amide bonds. The van der Waals surface area contributed by atoms with Crippen molar-refractivity contribution >= 4 is 24.9 Å². The summed E-state index contributed by atoms with van der Waals surface area (Å²) in [6, 6.07) is 1.83. The van der Waals surface area contributed by atoms with Crippen molar-refractivity contribution in [3.8, 4) is 5.69 Å². The lowest BCUT2D eigenvalue weighted by Gasteiger charge is -2.42. The molecule has 5 atom stereocenters. The molecule has 1 saturated heterocycles. The van der Waals surface area contributed by atoms with Crippen LogP contribution >= 0.6 is 11.6 Å². The van der Waals surface area contributed by atoms with Crippen LogP contribution in [-0.4, -0.2) is 72.6 Å². The van der Waals surface area contributed by atoms with Gasteiger partial charge >= 0.3 is 6.18 Å². The summed E-state index contributed by atoms with van der Waals surface area (Å²) < 4.78 is 48.9. The van der Waals surface area contributed by atoms with Gasteiger partial charge in [-0.2, -0.15) is 23.4 Å². The lowest BCUT2D eigenvalue weighted by molar-refractivity contribution is -0.210. The standard InChI is InChI=1S/C19H18BClF3N5O4/c1-8-26-18(29(27-8)12-4-10(21)2-3-11(12)19(22,23)24)17-16(32)14(15(31)13(7-30)33-17)28-6-9(20)5-25-28/h2-6,13-17,30-32H,7H2,1H3/t13-,14+,15+,16-,17-/m1/s1. The number of aryl methyl sites for hydroxylation is 1. The van der Waals surface area contributed by atoms with E-state index in [1.807, 2.05) is 0 Å². The SMILES string of the molecule is [B]c1cnn([C@H]2[C@@H](O)[C@@H](CO)O[C@@H](c3nc(C)nn3-c3cc(Cl)ccc3C(F)(F)F)[C@@H]2O)c1. The topological polar surface area (TPSA) is 118 Å². The van der Waals surface area contributed by atoms with E-state index in [1.54, 1.807) is 0 Å². The second kappa shape index (κ2) is 8.72. The van der Waals surface area contributed by atoms with Crippen molar-refractivity contribution in [3.63, 3.8) is 0 Å². The van der Waals surface area contributed by atoms with E-state index in [-0.39, 0.29) is 22.1 Å². The van der Waals surface area contributed by atoms with Crippen LogP contribution in [0.2, 0.25) is 5.02 Å². The van der Waals surface area contributed by atoms with Gasteiger partial charge in [0.1, 0.15) is 44.1 Å². The summed E-state index contributed by atoms with van der Waals surface area (Å²) in [7, 11) is 5.69. The van der Waals surface area contributed by atoms with Crippen LogP contribution in [0.3, 0.4) is 0 Å². The van der Waals surface area contributed by atoms with E-state index in [9.17, 15) is 28.5 Å². The molecule has 0 spiro atoms. The molecule has 33 heavy (non-hydrogen) atoms. The van der Waals surface area contributed by atoms with Gasteiger partial charge in [0.05, 0.1) is 17.9 Å². The van der Waals surface area contributed by atoms with Crippen LogP contribution in [0.25, 0.3) is 5.69 Å². The van der Waals surface area contributed by atoms with Crippen molar-refractivity contribution in [1.29, 1.82) is 0 Å². The monoisotopic (exact) mass is 483 g/mol. The molecule has 174 valence electrons. The Kier molecular flexibility index (Phi) is 6.27. The third-order valence-corrected chi connectivity index (χ3v) is 5.54. The van der Waals surface area contributed by atoms with Crippen LogP contribution in [0.15, 0.2) is 30.6 Å². The predicted octanol–water partition coefficient (Wildman–Crippen LogP) is 0.634. The zero-order valence-electron chi connectivity index (χ0n) is 17.1. The van der Waals surface area contributed by atoms with E-state index in [1.165, 1.54) is 24.0 Å². The van der Waals surface area contributed by atoms with Crippen molar-refractivity contribution in [2.24, 2.45) is 0 Å². The van der Waals surface area contributed by atoms with Crippen LogP contribution in [-0.2, 0) is 10.9 Å². The van der Waals surface area contributed by atoms with Gasteiger partial charge in [-0.15, -0.1) is 0 Å². The largest absolute Gasteiger partial charge is 0.418 e. The van der Waals surface area contributed by atoms with Gasteiger partial charge in [0.15, 0.2) is 5.82 Å². The van der Waals surface area contributed by atoms with Crippen LogP contribution in [0, 0.1) is 6.92 Å². The molecular formula is C19H18BClF3N5O4. The molecule has 1 aliphatic rings. The molecule has 2 aromatic heterocycles. The second-order valence-corrected chi connectivity index (χ2v) is 8.03. The maximum absolute atomic E-state index is 13.7. The summed E-state index contributed by atoms with van der Waals surface area (Å²) in [5, 5.41) is 39.6. The van der Waals surface area contributed by atoms with Crippen molar-refractivity contribution in [2.45, 2.75) is 43.6 Å². The highest BCUT2D eigenvalue weighted by Gasteiger charge is 2.48. The van der Waals surface area contributed by atoms with Gasteiger partial charge in [0.2, 0.25) is 0 Å². The van der Waals surface area contributed by atoms with Crippen LogP contribution in [0.4, 0.5) is 13.2 Å². The lowest BCUT2D eigenvalue weighted by atomic mass is 9.92. The third kappa shape index (κ3) is 4.38. The molecule has 0 unspecified atom stereocenters. The molecular weight excluding hydrogens is 465 g/mol. The quantitative estimate of drug-likeness (QED) is 0.466. The molecule has 14 heteroatoms. The summed E-state index contributed by atoms with van der Waals surface area (Å²) >= 11 is 5.96. The Bertz CT molecular complexity index is 1160. The Morgan fingerprint density at radius 1 is 1.24 bits per heavy atom. The van der Waals surface area contributed by atoms with E-state index in [2.05, 4.69) is 15.2 Å². The lowest BCUT2D eigenvalue weighted by Crippen LogP contribution is -2.53. The minimum Gasteiger partial charge on any atom is -0.394 e. The molecule has 9 nitrogen and oxygen atoms in total. The highest BCUT2D eigenvalue weighted by Crippen LogP contribution is 2.40. The van der Waals surface area contributed by atoms with Crippen molar-refractivity contribution in [1.82, 2.24) is 24.5 Å².